The van der Waals surface area contributed by atoms with Crippen molar-refractivity contribution in [2.24, 2.45) is 10.2 Å². The van der Waals surface area contributed by atoms with Crippen LogP contribution in [0.3, 0.4) is 0 Å². The average Bonchev–Trinajstić information content (AvgIpc) is 3.53. The second kappa shape index (κ2) is 12.7. The minimum Gasteiger partial charge on any atom is -0.575 e. The third-order valence-electron chi connectivity index (χ3n) is 7.04. The summed E-state index contributed by atoms with van der Waals surface area (Å²) in [6.45, 7) is 9.19. The summed E-state index contributed by atoms with van der Waals surface area (Å²) in [7, 11) is -1.22. The normalized spacial score (nSPS) is 21.2. The highest BCUT2D eigenvalue weighted by Gasteiger charge is 2.46. The quantitative estimate of drug-likeness (QED) is 0.188. The van der Waals surface area contributed by atoms with Gasteiger partial charge in [-0.2, -0.15) is 9.97 Å². The van der Waals surface area contributed by atoms with Crippen LogP contribution in [0.15, 0.2) is 47.5 Å². The highest BCUT2D eigenvalue weighted by Crippen LogP contribution is 2.43. The van der Waals surface area contributed by atoms with E-state index in [1.165, 1.54) is 20.4 Å². The zero-order valence-electron chi connectivity index (χ0n) is 26.0. The lowest BCUT2D eigenvalue weighted by molar-refractivity contribution is -0.169. The van der Waals surface area contributed by atoms with E-state index in [4.69, 9.17) is 29.2 Å². The summed E-state index contributed by atoms with van der Waals surface area (Å²) >= 11 is 0. The van der Waals surface area contributed by atoms with Crippen LogP contribution >= 0.6 is 8.17 Å². The van der Waals surface area contributed by atoms with Crippen molar-refractivity contribution < 1.29 is 38.3 Å². The van der Waals surface area contributed by atoms with E-state index in [9.17, 15) is 14.8 Å². The van der Waals surface area contributed by atoms with Gasteiger partial charge in [0.25, 0.3) is 0 Å². The first-order valence-corrected chi connectivity index (χ1v) is 15.5. The van der Waals surface area contributed by atoms with Crippen LogP contribution in [0.1, 0.15) is 47.3 Å². The van der Waals surface area contributed by atoms with Gasteiger partial charge in [0.2, 0.25) is 17.6 Å². The maximum atomic E-state index is 13.0. The lowest BCUT2D eigenvalue weighted by Gasteiger charge is -2.24. The van der Waals surface area contributed by atoms with Gasteiger partial charge in [-0.1, -0.05) is 55.8 Å². The first-order valence-electron chi connectivity index (χ1n) is 14.3. The molecule has 14 nitrogen and oxygen atoms in total. The number of nitrogens with two attached hydrogens (primary N) is 1. The number of aliphatic hydroxyl groups is 1. The van der Waals surface area contributed by atoms with E-state index in [0.717, 1.165) is 5.39 Å². The van der Waals surface area contributed by atoms with Crippen molar-refractivity contribution in [2.45, 2.75) is 65.0 Å². The smallest absolute Gasteiger partial charge is 0.395 e. The van der Waals surface area contributed by atoms with Gasteiger partial charge in [0.15, 0.2) is 29.2 Å². The van der Waals surface area contributed by atoms with Crippen LogP contribution < -0.4 is 24.6 Å². The number of imidazole rings is 1. The Morgan fingerprint density at radius 3 is 2.78 bits per heavy atom. The number of aromatic nitrogens is 4. The molecule has 45 heavy (non-hydrogen) atoms. The molecule has 2 aromatic carbocycles. The van der Waals surface area contributed by atoms with Crippen molar-refractivity contribution in [1.29, 1.82) is 0 Å². The summed E-state index contributed by atoms with van der Waals surface area (Å²) in [5, 5.41) is 12.8. The molecule has 0 aliphatic carbocycles. The Hall–Kier alpha value is -4.10. The number of carbonyl (C=O) groups excluding carboxylic acids is 1. The zero-order valence-corrected chi connectivity index (χ0v) is 26.9. The fraction of sp³-hybridized carbons (Fsp3) is 0.467. The molecule has 3 heterocycles. The molecule has 3 N–H and O–H groups in total. The number of benzene rings is 2. The third kappa shape index (κ3) is 7.25. The molecule has 1 aliphatic heterocycles. The predicted molar refractivity (Wildman–Crippen MR) is 165 cm³/mol. The summed E-state index contributed by atoms with van der Waals surface area (Å²) in [5.74, 6) is 0.0988. The Balaban J connectivity index is 1.34. The zero-order chi connectivity index (χ0) is 32.5. The largest absolute Gasteiger partial charge is 0.575 e. The Morgan fingerprint density at radius 2 is 2.04 bits per heavy atom. The van der Waals surface area contributed by atoms with Crippen molar-refractivity contribution in [1.82, 2.24) is 19.5 Å². The minimum atomic E-state index is -2.67. The number of nitrogens with zero attached hydrogens (tertiary/aromatic N) is 5. The van der Waals surface area contributed by atoms with Crippen LogP contribution in [-0.2, 0) is 14.3 Å². The molecule has 0 saturated carbocycles. The van der Waals surface area contributed by atoms with E-state index in [2.05, 4.69) is 19.7 Å². The molecule has 0 amide bonds. The first kappa shape index (κ1) is 32.3. The lowest BCUT2D eigenvalue weighted by atomic mass is 9.99. The number of methoxy groups -OCH3 is 1. The molecular weight excluding hydrogens is 603 g/mol. The molecule has 5 atom stereocenters. The number of anilines is 1. The highest BCUT2D eigenvalue weighted by molar-refractivity contribution is 7.34. The van der Waals surface area contributed by atoms with Gasteiger partial charge in [-0.05, 0) is 30.7 Å². The van der Waals surface area contributed by atoms with Crippen LogP contribution in [0.5, 0.6) is 17.4 Å². The topological polar surface area (TPSA) is 188 Å². The second-order valence-corrected chi connectivity index (χ2v) is 13.2. The van der Waals surface area contributed by atoms with Gasteiger partial charge in [-0.25, -0.2) is 9.78 Å². The molecule has 0 bridgehead atoms. The molecule has 4 aromatic rings. The molecule has 0 radical (unpaired) electrons. The molecule has 1 fully saturated rings. The second-order valence-electron chi connectivity index (χ2n) is 12.3. The first-order chi connectivity index (χ1) is 21.3. The van der Waals surface area contributed by atoms with E-state index in [1.807, 2.05) is 45.0 Å². The molecule has 240 valence electrons. The molecular formula is C30H37N6O8P. The molecule has 3 unspecified atom stereocenters. The fourth-order valence-corrected chi connectivity index (χ4v) is 5.70. The molecule has 0 spiro atoms. The van der Waals surface area contributed by atoms with Gasteiger partial charge in [0.05, 0.1) is 26.1 Å². The van der Waals surface area contributed by atoms with Crippen LogP contribution in [0.4, 0.5) is 5.95 Å². The van der Waals surface area contributed by atoms with Gasteiger partial charge in [0.1, 0.15) is 12.2 Å². The van der Waals surface area contributed by atoms with Crippen molar-refractivity contribution in [3.05, 3.63) is 42.7 Å². The van der Waals surface area contributed by atoms with Crippen LogP contribution in [0, 0.1) is 5.41 Å². The number of ether oxygens (including phenoxy) is 4. The van der Waals surface area contributed by atoms with E-state index in [-0.39, 0.29) is 42.6 Å². The predicted octanol–water partition coefficient (Wildman–Crippen LogP) is 3.90. The van der Waals surface area contributed by atoms with Crippen LogP contribution in [0.2, 0.25) is 0 Å². The number of nitrogen functional groups attached to an aromatic ring is 1. The Kier molecular flexibility index (Phi) is 9.13. The van der Waals surface area contributed by atoms with Crippen molar-refractivity contribution in [3.63, 3.8) is 0 Å². The van der Waals surface area contributed by atoms with E-state index in [1.54, 1.807) is 23.6 Å². The number of hydrogen-bond donors (Lipinski definition) is 2. The molecule has 1 saturated heterocycles. The molecule has 1 aliphatic rings. The molecule has 5 rings (SSSR count). The molecule has 15 heteroatoms. The highest BCUT2D eigenvalue weighted by atomic mass is 31.1. The van der Waals surface area contributed by atoms with E-state index < -0.39 is 38.1 Å². The summed E-state index contributed by atoms with van der Waals surface area (Å²) in [6, 6.07) is 9.91. The maximum Gasteiger partial charge on any atom is 0.395 e. The number of hydrogen-bond acceptors (Lipinski definition) is 13. The van der Waals surface area contributed by atoms with Gasteiger partial charge >= 0.3 is 14.1 Å². The van der Waals surface area contributed by atoms with Crippen molar-refractivity contribution >= 4 is 42.0 Å². The van der Waals surface area contributed by atoms with E-state index in [0.29, 0.717) is 22.3 Å². The Bertz CT molecular complexity index is 1740. The third-order valence-corrected chi connectivity index (χ3v) is 7.91. The van der Waals surface area contributed by atoms with Crippen LogP contribution in [-0.4, -0.2) is 68.7 Å². The van der Waals surface area contributed by atoms with Gasteiger partial charge in [-0.15, -0.1) is 0 Å². The SMILES string of the molecule is COc1nc(N)nc2c1ncn2C1O[C@H](COc2ccc3ccccc3c2O[P+]([O-])=NC(C)C(=O)OCC(C)(C)C)C[C@@]1(C)O. The van der Waals surface area contributed by atoms with Gasteiger partial charge in [-0.3, -0.25) is 9.09 Å². The monoisotopic (exact) mass is 640 g/mol. The van der Waals surface area contributed by atoms with Gasteiger partial charge < -0.3 is 34.7 Å². The lowest BCUT2D eigenvalue weighted by Crippen LogP contribution is -2.32. The van der Waals surface area contributed by atoms with Crippen LogP contribution in [0.25, 0.3) is 21.9 Å². The Labute approximate surface area is 261 Å². The Morgan fingerprint density at radius 1 is 1.29 bits per heavy atom. The number of fused-ring (bicyclic) bond motifs is 2. The number of rotatable bonds is 10. The number of carbonyl (C=O) groups is 1. The fourth-order valence-electron chi connectivity index (χ4n) is 4.93. The van der Waals surface area contributed by atoms with Crippen molar-refractivity contribution in [3.8, 4) is 17.4 Å². The summed E-state index contributed by atoms with van der Waals surface area (Å²) < 4.78 is 34.4. The average molecular weight is 641 g/mol. The molecule has 2 aromatic heterocycles. The number of esters is 1. The standard InChI is InChI=1S/C30H37N6O8P/c1-17(26(37)42-15-29(2,3)4)35-45(39)44-23-20-10-8-7-9-18(20)11-12-21(23)41-14-19-13-30(5,38)27(43-19)36-16-32-22-24(36)33-28(31)34-25(22)40-6/h7-12,16-17,19,27,38H,13-15H2,1-6H3,(H2,31,33,34)/t17?,19-,27?,30+/m0/s1. The van der Waals surface area contributed by atoms with E-state index >= 15 is 0 Å². The minimum absolute atomic E-state index is 0.0104. The summed E-state index contributed by atoms with van der Waals surface area (Å²) in [5.41, 5.74) is 5.04. The summed E-state index contributed by atoms with van der Waals surface area (Å²) in [4.78, 5) is 38.1. The maximum absolute atomic E-state index is 13.0. The van der Waals surface area contributed by atoms with Crippen molar-refractivity contribution in [2.75, 3.05) is 26.1 Å². The summed E-state index contributed by atoms with van der Waals surface area (Å²) in [6.07, 6.45) is 0.282. The van der Waals surface area contributed by atoms with Gasteiger partial charge in [0, 0.05) is 11.8 Å².